The molecule has 0 aliphatic heterocycles. The van der Waals surface area contributed by atoms with Crippen LogP contribution in [0.1, 0.15) is 38.8 Å². The number of benzene rings is 3. The number of hydrogen-bond donors (Lipinski definition) is 2. The van der Waals surface area contributed by atoms with E-state index >= 15 is 0 Å². The maximum absolute atomic E-state index is 12.4. The van der Waals surface area contributed by atoms with Gasteiger partial charge in [-0.3, -0.25) is 9.59 Å². The highest BCUT2D eigenvalue weighted by Crippen LogP contribution is 2.24. The summed E-state index contributed by atoms with van der Waals surface area (Å²) < 4.78 is 10.8. The van der Waals surface area contributed by atoms with E-state index in [4.69, 9.17) is 14.7 Å². The van der Waals surface area contributed by atoms with Gasteiger partial charge in [-0.15, -0.1) is 0 Å². The van der Waals surface area contributed by atoms with E-state index in [-0.39, 0.29) is 29.2 Å². The van der Waals surface area contributed by atoms with Gasteiger partial charge in [0.2, 0.25) is 5.91 Å². The van der Waals surface area contributed by atoms with Crippen molar-refractivity contribution in [2.24, 2.45) is 0 Å². The van der Waals surface area contributed by atoms with Gasteiger partial charge in [0.15, 0.2) is 12.4 Å². The fourth-order valence-electron chi connectivity index (χ4n) is 2.93. The van der Waals surface area contributed by atoms with Crippen molar-refractivity contribution in [3.8, 4) is 17.6 Å². The minimum Gasteiger partial charge on any atom is -0.506 e. The zero-order valence-corrected chi connectivity index (χ0v) is 17.7. The summed E-state index contributed by atoms with van der Waals surface area (Å²) in [4.78, 5) is 36.0. The fraction of sp³-hybridized carbons (Fsp3) is 0.120. The molecule has 3 aromatic rings. The van der Waals surface area contributed by atoms with E-state index in [1.54, 1.807) is 48.5 Å². The lowest BCUT2D eigenvalue weighted by atomic mass is 10.1. The van der Waals surface area contributed by atoms with Crippen LogP contribution in [-0.4, -0.2) is 29.4 Å². The van der Waals surface area contributed by atoms with Crippen molar-refractivity contribution < 1.29 is 29.0 Å². The minimum atomic E-state index is -0.691. The van der Waals surface area contributed by atoms with E-state index < -0.39 is 24.3 Å². The Balaban J connectivity index is 1.61. The second-order valence-corrected chi connectivity index (χ2v) is 7.01. The summed E-state index contributed by atoms with van der Waals surface area (Å²) in [5, 5.41) is 21.3. The number of carbonyl (C=O) groups excluding carboxylic acids is 3. The molecular weight excluding hydrogens is 424 g/mol. The third kappa shape index (κ3) is 6.18. The van der Waals surface area contributed by atoms with Crippen LogP contribution in [0.2, 0.25) is 0 Å². The number of para-hydroxylation sites is 1. The predicted molar refractivity (Wildman–Crippen MR) is 119 cm³/mol. The summed E-state index contributed by atoms with van der Waals surface area (Å²) in [7, 11) is 0. The van der Waals surface area contributed by atoms with Crippen LogP contribution in [0.15, 0.2) is 66.7 Å². The molecule has 0 saturated carbocycles. The molecule has 2 N–H and O–H groups in total. The lowest BCUT2D eigenvalue weighted by Gasteiger charge is -2.10. The Morgan fingerprint density at radius 2 is 1.79 bits per heavy atom. The number of phenols is 1. The summed E-state index contributed by atoms with van der Waals surface area (Å²) in [6, 6.07) is 19.4. The van der Waals surface area contributed by atoms with E-state index in [0.717, 1.165) is 0 Å². The lowest BCUT2D eigenvalue weighted by Crippen LogP contribution is -2.15. The highest BCUT2D eigenvalue weighted by atomic mass is 16.5. The number of nitriles is 1. The number of carbonyl (C=O) groups is 3. The number of esters is 1. The Bertz CT molecular complexity index is 1250. The van der Waals surface area contributed by atoms with Crippen LogP contribution in [-0.2, 0) is 16.1 Å². The molecule has 0 bridgehead atoms. The van der Waals surface area contributed by atoms with E-state index in [1.807, 2.05) is 0 Å². The van der Waals surface area contributed by atoms with Gasteiger partial charge in [-0.1, -0.05) is 24.3 Å². The van der Waals surface area contributed by atoms with Crippen LogP contribution in [0.4, 0.5) is 5.69 Å². The third-order valence-electron chi connectivity index (χ3n) is 4.53. The molecule has 0 aliphatic rings. The maximum Gasteiger partial charge on any atom is 0.338 e. The largest absolute Gasteiger partial charge is 0.506 e. The minimum absolute atomic E-state index is 0.0883. The molecule has 8 nitrogen and oxygen atoms in total. The molecule has 0 heterocycles. The number of nitrogens with zero attached hydrogens (tertiary/aromatic N) is 1. The number of anilines is 1. The Kier molecular flexibility index (Phi) is 7.39. The van der Waals surface area contributed by atoms with Gasteiger partial charge in [-0.25, -0.2) is 4.79 Å². The van der Waals surface area contributed by atoms with Gasteiger partial charge in [0.05, 0.1) is 16.8 Å². The van der Waals surface area contributed by atoms with E-state index in [2.05, 4.69) is 11.4 Å². The van der Waals surface area contributed by atoms with Gasteiger partial charge in [0, 0.05) is 12.5 Å². The van der Waals surface area contributed by atoms with Gasteiger partial charge in [-0.2, -0.15) is 5.26 Å². The van der Waals surface area contributed by atoms with Crippen LogP contribution in [0.25, 0.3) is 0 Å². The van der Waals surface area contributed by atoms with Crippen LogP contribution in [0, 0.1) is 11.3 Å². The highest BCUT2D eigenvalue weighted by Gasteiger charge is 2.15. The molecule has 0 atom stereocenters. The van der Waals surface area contributed by atoms with Crippen molar-refractivity contribution >= 4 is 23.3 Å². The molecule has 166 valence electrons. The highest BCUT2D eigenvalue weighted by molar-refractivity contribution is 6.01. The number of ether oxygens (including phenoxy) is 2. The van der Waals surface area contributed by atoms with Crippen LogP contribution >= 0.6 is 0 Å². The first-order chi connectivity index (χ1) is 15.9. The van der Waals surface area contributed by atoms with Crippen LogP contribution in [0.5, 0.6) is 11.5 Å². The van der Waals surface area contributed by atoms with E-state index in [9.17, 15) is 19.5 Å². The van der Waals surface area contributed by atoms with Crippen molar-refractivity contribution in [1.82, 2.24) is 0 Å². The topological polar surface area (TPSA) is 126 Å². The van der Waals surface area contributed by atoms with Gasteiger partial charge in [-0.05, 0) is 48.0 Å². The number of rotatable bonds is 8. The van der Waals surface area contributed by atoms with Crippen molar-refractivity contribution in [1.29, 1.82) is 5.26 Å². The van der Waals surface area contributed by atoms with Crippen molar-refractivity contribution in [2.45, 2.75) is 13.5 Å². The number of amides is 1. The summed E-state index contributed by atoms with van der Waals surface area (Å²) in [6.45, 7) is 0.898. The number of Topliss-reactive ketones (excluding diaryl/α,β-unsaturated/α-hetero) is 1. The summed E-state index contributed by atoms with van der Waals surface area (Å²) in [6.07, 6.45) is 0. The van der Waals surface area contributed by atoms with Gasteiger partial charge in [0.1, 0.15) is 24.2 Å². The first kappa shape index (κ1) is 23.0. The molecule has 1 amide bonds. The summed E-state index contributed by atoms with van der Waals surface area (Å²) in [5.41, 5.74) is 1.58. The lowest BCUT2D eigenvalue weighted by molar-refractivity contribution is -0.114. The molecule has 0 spiro atoms. The molecule has 0 aliphatic carbocycles. The predicted octanol–water partition coefficient (Wildman–Crippen LogP) is 3.84. The zero-order chi connectivity index (χ0) is 23.8. The smallest absolute Gasteiger partial charge is 0.338 e. The number of nitrogens with one attached hydrogen (secondary N) is 1. The average molecular weight is 444 g/mol. The number of phenolic OH excluding ortho intramolecular Hbond substituents is 1. The second-order valence-electron chi connectivity index (χ2n) is 7.01. The Labute approximate surface area is 190 Å². The molecule has 0 saturated heterocycles. The fourth-order valence-corrected chi connectivity index (χ4v) is 2.93. The Morgan fingerprint density at radius 3 is 2.55 bits per heavy atom. The van der Waals surface area contributed by atoms with E-state index in [1.165, 1.54) is 25.1 Å². The van der Waals surface area contributed by atoms with Crippen molar-refractivity contribution in [3.63, 3.8) is 0 Å². The average Bonchev–Trinajstić information content (AvgIpc) is 2.82. The molecule has 8 heteroatoms. The molecule has 0 unspecified atom stereocenters. The molecule has 3 aromatic carbocycles. The van der Waals surface area contributed by atoms with E-state index in [0.29, 0.717) is 16.9 Å². The van der Waals surface area contributed by atoms with Crippen molar-refractivity contribution in [3.05, 3.63) is 89.0 Å². The molecule has 3 rings (SSSR count). The zero-order valence-electron chi connectivity index (χ0n) is 17.7. The summed E-state index contributed by atoms with van der Waals surface area (Å²) in [5.74, 6) is -1.34. The van der Waals surface area contributed by atoms with Crippen LogP contribution in [0.3, 0.4) is 0 Å². The number of ketones is 1. The molecular formula is C25H20N2O6. The second kappa shape index (κ2) is 10.6. The number of aromatic hydroxyl groups is 1. The monoisotopic (exact) mass is 444 g/mol. The van der Waals surface area contributed by atoms with Gasteiger partial charge < -0.3 is 19.9 Å². The first-order valence-corrected chi connectivity index (χ1v) is 9.89. The SMILES string of the molecule is CC(=O)Nc1cc(C(=O)COC(=O)c2cccc(COc3ccccc3C#N)c2)ccc1O. The number of hydrogen-bond acceptors (Lipinski definition) is 7. The standard InChI is InChI=1S/C25H20N2O6/c1-16(28)27-21-12-18(9-10-22(21)29)23(30)15-33-25(31)19-7-4-5-17(11-19)14-32-24-8-3-2-6-20(24)13-26/h2-12,29H,14-15H2,1H3,(H,27,28). The van der Waals surface area contributed by atoms with Gasteiger partial charge >= 0.3 is 5.97 Å². The summed E-state index contributed by atoms with van der Waals surface area (Å²) >= 11 is 0. The quantitative estimate of drug-likeness (QED) is 0.307. The molecule has 0 radical (unpaired) electrons. The Hall–Kier alpha value is -4.64. The van der Waals surface area contributed by atoms with Crippen molar-refractivity contribution in [2.75, 3.05) is 11.9 Å². The molecule has 33 heavy (non-hydrogen) atoms. The Morgan fingerprint density at radius 1 is 1.00 bits per heavy atom. The molecule has 0 aromatic heterocycles. The third-order valence-corrected chi connectivity index (χ3v) is 4.53. The van der Waals surface area contributed by atoms with Crippen LogP contribution < -0.4 is 10.1 Å². The first-order valence-electron chi connectivity index (χ1n) is 9.89. The molecule has 0 fully saturated rings. The van der Waals surface area contributed by atoms with Gasteiger partial charge in [0.25, 0.3) is 0 Å². The maximum atomic E-state index is 12.4. The normalized spacial score (nSPS) is 10.1.